The van der Waals surface area contributed by atoms with E-state index in [2.05, 4.69) is 216 Å². The van der Waals surface area contributed by atoms with E-state index in [-0.39, 0.29) is 0 Å². The summed E-state index contributed by atoms with van der Waals surface area (Å²) in [4.78, 5) is 4.70. The van der Waals surface area contributed by atoms with Crippen molar-refractivity contribution >= 4 is 77.6 Å². The van der Waals surface area contributed by atoms with Gasteiger partial charge in [0.15, 0.2) is 0 Å². The average Bonchev–Trinajstić information content (AvgIpc) is 3.62. The molecule has 3 nitrogen and oxygen atoms in total. The van der Waals surface area contributed by atoms with Gasteiger partial charge in [0.1, 0.15) is 11.2 Å². The summed E-state index contributed by atoms with van der Waals surface area (Å²) in [5, 5.41) is 6.81. The zero-order valence-corrected chi connectivity index (χ0v) is 28.9. The van der Waals surface area contributed by atoms with Crippen molar-refractivity contribution in [3.8, 4) is 11.1 Å². The minimum atomic E-state index is 0.871. The average molecular weight is 679 g/mol. The number of nitrogens with zero attached hydrogens (tertiary/aromatic N) is 2. The minimum absolute atomic E-state index is 0.871. The second-order valence-corrected chi connectivity index (χ2v) is 13.3. The zero-order chi connectivity index (χ0) is 35.1. The molecular formula is C50H34N2O. The van der Waals surface area contributed by atoms with Gasteiger partial charge in [0.25, 0.3) is 0 Å². The van der Waals surface area contributed by atoms with E-state index < -0.39 is 0 Å². The van der Waals surface area contributed by atoms with Gasteiger partial charge in [-0.3, -0.25) is 0 Å². The summed E-state index contributed by atoms with van der Waals surface area (Å²) in [5.74, 6) is 0. The van der Waals surface area contributed by atoms with E-state index in [4.69, 9.17) is 4.42 Å². The molecule has 0 radical (unpaired) electrons. The van der Waals surface area contributed by atoms with Crippen LogP contribution in [-0.4, -0.2) is 0 Å². The van der Waals surface area contributed by atoms with Gasteiger partial charge >= 0.3 is 0 Å². The Balaban J connectivity index is 1.19. The van der Waals surface area contributed by atoms with Gasteiger partial charge in [-0.05, 0) is 83.2 Å². The highest BCUT2D eigenvalue weighted by Crippen LogP contribution is 2.47. The van der Waals surface area contributed by atoms with Crippen LogP contribution in [0.25, 0.3) is 54.6 Å². The molecule has 0 amide bonds. The maximum atomic E-state index is 6.80. The lowest BCUT2D eigenvalue weighted by molar-refractivity contribution is 0.673. The number of furan rings is 1. The maximum absolute atomic E-state index is 6.80. The maximum Gasteiger partial charge on any atom is 0.143 e. The molecule has 0 N–H and O–H groups in total. The molecule has 1 aromatic heterocycles. The predicted molar refractivity (Wildman–Crippen MR) is 224 cm³/mol. The van der Waals surface area contributed by atoms with Crippen LogP contribution in [0.5, 0.6) is 0 Å². The number of hydrogen-bond donors (Lipinski definition) is 0. The molecular weight excluding hydrogens is 645 g/mol. The fourth-order valence-corrected chi connectivity index (χ4v) is 7.83. The van der Waals surface area contributed by atoms with Gasteiger partial charge < -0.3 is 14.2 Å². The topological polar surface area (TPSA) is 19.6 Å². The fraction of sp³-hybridized carbons (Fsp3) is 0. The Kier molecular flexibility index (Phi) is 7.47. The number of benzene rings is 9. The van der Waals surface area contributed by atoms with Gasteiger partial charge in [0.2, 0.25) is 0 Å². The molecule has 250 valence electrons. The third-order valence-corrected chi connectivity index (χ3v) is 10.2. The highest BCUT2D eigenvalue weighted by atomic mass is 16.3. The van der Waals surface area contributed by atoms with E-state index in [1.165, 1.54) is 10.8 Å². The normalized spacial score (nSPS) is 11.4. The van der Waals surface area contributed by atoms with Crippen molar-refractivity contribution in [3.05, 3.63) is 206 Å². The molecule has 0 aliphatic rings. The molecule has 0 aliphatic heterocycles. The first-order chi connectivity index (χ1) is 26.3. The number of fused-ring (bicyclic) bond motifs is 6. The first-order valence-corrected chi connectivity index (χ1v) is 18.0. The van der Waals surface area contributed by atoms with Gasteiger partial charge in [-0.25, -0.2) is 0 Å². The molecule has 1 heterocycles. The quantitative estimate of drug-likeness (QED) is 0.167. The Labute approximate surface area is 308 Å². The van der Waals surface area contributed by atoms with Crippen molar-refractivity contribution in [2.75, 3.05) is 9.80 Å². The van der Waals surface area contributed by atoms with E-state index in [1.54, 1.807) is 0 Å². The molecule has 10 rings (SSSR count). The van der Waals surface area contributed by atoms with Crippen molar-refractivity contribution in [2.24, 2.45) is 0 Å². The van der Waals surface area contributed by atoms with Crippen LogP contribution < -0.4 is 9.80 Å². The molecule has 0 aliphatic carbocycles. The summed E-state index contributed by atoms with van der Waals surface area (Å²) in [5.41, 5.74) is 10.7. The molecule has 10 aromatic rings. The van der Waals surface area contributed by atoms with Crippen LogP contribution in [-0.2, 0) is 0 Å². The Bertz CT molecular complexity index is 2840. The van der Waals surface area contributed by atoms with E-state index >= 15 is 0 Å². The molecule has 0 fully saturated rings. The number of hydrogen-bond acceptors (Lipinski definition) is 3. The van der Waals surface area contributed by atoms with E-state index in [0.717, 1.165) is 78.0 Å². The van der Waals surface area contributed by atoms with Crippen molar-refractivity contribution in [1.29, 1.82) is 0 Å². The minimum Gasteiger partial charge on any atom is -0.455 e. The van der Waals surface area contributed by atoms with Crippen LogP contribution in [0, 0.1) is 0 Å². The van der Waals surface area contributed by atoms with E-state index in [0.29, 0.717) is 0 Å². The Morgan fingerprint density at radius 2 is 0.868 bits per heavy atom. The second-order valence-electron chi connectivity index (χ2n) is 13.3. The standard InChI is InChI=1S/C50H34N2O/c1-4-18-37(19-5-1)51(38-20-6-2-7-21-38)40-32-30-36(31-33-40)42-27-15-29-48-49(42)45-34-47(43-25-12-13-26-44(43)50(45)53-48)52(39-22-8-3-9-23-39)46-28-14-17-35-16-10-11-24-41(35)46/h1-34H. The molecule has 53 heavy (non-hydrogen) atoms. The Hall–Kier alpha value is -7.10. The first-order valence-electron chi connectivity index (χ1n) is 18.0. The van der Waals surface area contributed by atoms with Gasteiger partial charge in [0.05, 0.1) is 11.4 Å². The zero-order valence-electron chi connectivity index (χ0n) is 28.9. The number of anilines is 6. The monoisotopic (exact) mass is 678 g/mol. The van der Waals surface area contributed by atoms with Gasteiger partial charge in [-0.2, -0.15) is 0 Å². The van der Waals surface area contributed by atoms with Crippen LogP contribution in [0.1, 0.15) is 0 Å². The lowest BCUT2D eigenvalue weighted by atomic mass is 9.96. The fourth-order valence-electron chi connectivity index (χ4n) is 7.83. The van der Waals surface area contributed by atoms with Crippen molar-refractivity contribution in [2.45, 2.75) is 0 Å². The molecule has 0 spiro atoms. The summed E-state index contributed by atoms with van der Waals surface area (Å²) in [6, 6.07) is 73.2. The Morgan fingerprint density at radius 1 is 0.340 bits per heavy atom. The summed E-state index contributed by atoms with van der Waals surface area (Å²) in [6.45, 7) is 0. The third-order valence-electron chi connectivity index (χ3n) is 10.2. The highest BCUT2D eigenvalue weighted by molar-refractivity contribution is 6.23. The molecule has 0 atom stereocenters. The smallest absolute Gasteiger partial charge is 0.143 e. The lowest BCUT2D eigenvalue weighted by Gasteiger charge is -2.28. The lowest BCUT2D eigenvalue weighted by Crippen LogP contribution is -2.11. The van der Waals surface area contributed by atoms with Gasteiger partial charge in [-0.1, -0.05) is 140 Å². The molecule has 0 unspecified atom stereocenters. The van der Waals surface area contributed by atoms with Gasteiger partial charge in [0, 0.05) is 49.7 Å². The predicted octanol–water partition coefficient (Wildman–Crippen LogP) is 14.5. The SMILES string of the molecule is c1ccc(N(c2ccccc2)c2ccc(-c3cccc4oc5c6ccccc6c(N(c6ccccc6)c6cccc7ccccc67)cc5c34)cc2)cc1. The largest absolute Gasteiger partial charge is 0.455 e. The van der Waals surface area contributed by atoms with Crippen molar-refractivity contribution in [3.63, 3.8) is 0 Å². The van der Waals surface area contributed by atoms with Crippen molar-refractivity contribution in [1.82, 2.24) is 0 Å². The molecule has 0 saturated heterocycles. The second kappa shape index (κ2) is 12.9. The summed E-state index contributed by atoms with van der Waals surface area (Å²) in [7, 11) is 0. The van der Waals surface area contributed by atoms with Crippen LogP contribution >= 0.6 is 0 Å². The van der Waals surface area contributed by atoms with Crippen molar-refractivity contribution < 1.29 is 4.42 Å². The molecule has 3 heteroatoms. The third kappa shape index (κ3) is 5.30. The molecule has 9 aromatic carbocycles. The summed E-state index contributed by atoms with van der Waals surface area (Å²) in [6.07, 6.45) is 0. The van der Waals surface area contributed by atoms with Gasteiger partial charge in [-0.15, -0.1) is 0 Å². The highest BCUT2D eigenvalue weighted by Gasteiger charge is 2.23. The molecule has 0 bridgehead atoms. The number of rotatable bonds is 7. The first kappa shape index (κ1) is 30.7. The summed E-state index contributed by atoms with van der Waals surface area (Å²) >= 11 is 0. The molecule has 0 saturated carbocycles. The Morgan fingerprint density at radius 3 is 1.55 bits per heavy atom. The van der Waals surface area contributed by atoms with Crippen LogP contribution in [0.2, 0.25) is 0 Å². The van der Waals surface area contributed by atoms with Crippen LogP contribution in [0.4, 0.5) is 34.1 Å². The number of para-hydroxylation sites is 3. The van der Waals surface area contributed by atoms with E-state index in [9.17, 15) is 0 Å². The summed E-state index contributed by atoms with van der Waals surface area (Å²) < 4.78 is 6.80. The van der Waals surface area contributed by atoms with Crippen LogP contribution in [0.15, 0.2) is 211 Å². The van der Waals surface area contributed by atoms with Crippen LogP contribution in [0.3, 0.4) is 0 Å². The van der Waals surface area contributed by atoms with E-state index in [1.807, 2.05) is 0 Å².